The van der Waals surface area contributed by atoms with Crippen molar-refractivity contribution in [1.29, 1.82) is 0 Å². The van der Waals surface area contributed by atoms with Gasteiger partial charge in [0.15, 0.2) is 0 Å². The Bertz CT molecular complexity index is 1130. The van der Waals surface area contributed by atoms with Gasteiger partial charge in [-0.1, -0.05) is 105 Å². The Hall–Kier alpha value is -2.08. The average Bonchev–Trinajstić information content (AvgIpc) is 3.27. The molecule has 4 rings (SSSR count). The molecule has 35 heavy (non-hydrogen) atoms. The Labute approximate surface area is 215 Å². The quantitative estimate of drug-likeness (QED) is 0.397. The van der Waals surface area contributed by atoms with Crippen LogP contribution in [0.1, 0.15) is 151 Å². The molecule has 0 atom stereocenters. The second-order valence-corrected chi connectivity index (χ2v) is 12.8. The van der Waals surface area contributed by atoms with Crippen LogP contribution < -0.4 is 0 Å². The SMILES string of the molecule is CC1=C(C(C)(C)C2=C(C)[CH]c3cc(C(C)C)cc(C(C)C)c32)c2c(cc(C(C)C)cc2C(C)C)[CH]1. The van der Waals surface area contributed by atoms with Crippen molar-refractivity contribution < 1.29 is 0 Å². The van der Waals surface area contributed by atoms with Gasteiger partial charge < -0.3 is 0 Å². The highest BCUT2D eigenvalue weighted by Gasteiger charge is 2.41. The summed E-state index contributed by atoms with van der Waals surface area (Å²) in [5.41, 5.74) is 17.5. The van der Waals surface area contributed by atoms with E-state index in [-0.39, 0.29) is 5.41 Å². The van der Waals surface area contributed by atoms with Gasteiger partial charge in [-0.25, -0.2) is 0 Å². The third-order valence-corrected chi connectivity index (χ3v) is 8.30. The third-order valence-electron chi connectivity index (χ3n) is 8.30. The molecule has 2 aliphatic rings. The highest BCUT2D eigenvalue weighted by Crippen LogP contribution is 2.58. The summed E-state index contributed by atoms with van der Waals surface area (Å²) in [4.78, 5) is 0. The van der Waals surface area contributed by atoms with Gasteiger partial charge in [-0.2, -0.15) is 0 Å². The molecule has 0 unspecified atom stereocenters. The lowest BCUT2D eigenvalue weighted by molar-refractivity contribution is 0.664. The lowest BCUT2D eigenvalue weighted by atomic mass is 9.68. The molecule has 0 nitrogen and oxygen atoms in total. The first-order valence-electron chi connectivity index (χ1n) is 13.7. The fourth-order valence-corrected chi connectivity index (χ4v) is 6.55. The van der Waals surface area contributed by atoms with Crippen LogP contribution in [0.4, 0.5) is 0 Å². The van der Waals surface area contributed by atoms with Crippen LogP contribution in [-0.4, -0.2) is 0 Å². The molecular weight excluding hydrogens is 420 g/mol. The maximum absolute atomic E-state index is 2.49. The monoisotopic (exact) mass is 466 g/mol. The van der Waals surface area contributed by atoms with Crippen molar-refractivity contribution >= 4 is 11.1 Å². The number of rotatable bonds is 6. The molecule has 2 aromatic rings. The lowest BCUT2D eigenvalue weighted by Gasteiger charge is -2.35. The van der Waals surface area contributed by atoms with Crippen LogP contribution in [0, 0.1) is 18.3 Å². The molecule has 0 N–H and O–H groups in total. The summed E-state index contributed by atoms with van der Waals surface area (Å²) in [6.07, 6.45) is 4.90. The molecule has 0 amide bonds. The summed E-state index contributed by atoms with van der Waals surface area (Å²) in [5.74, 6) is 2.05. The molecule has 0 spiro atoms. The van der Waals surface area contributed by atoms with Crippen molar-refractivity contribution in [2.75, 3.05) is 0 Å². The van der Waals surface area contributed by atoms with Gasteiger partial charge >= 0.3 is 0 Å². The standard InChI is InChI=1S/C35H46/c1-19(2)25-15-27-13-23(9)33(31(27)29(17-25)21(5)6)35(11,12)34-24(10)14-28-16-26(20(3)4)18-30(22(7)8)32(28)34/h13-22H,1-12H3. The Morgan fingerprint density at radius 3 is 1.14 bits per heavy atom. The molecule has 0 heterocycles. The van der Waals surface area contributed by atoms with E-state index in [0.717, 1.165) is 0 Å². The van der Waals surface area contributed by atoms with E-state index < -0.39 is 0 Å². The lowest BCUT2D eigenvalue weighted by Crippen LogP contribution is -2.19. The zero-order valence-electron chi connectivity index (χ0n) is 24.3. The molecule has 0 aromatic heterocycles. The van der Waals surface area contributed by atoms with Crippen molar-refractivity contribution in [3.05, 3.63) is 92.8 Å². The fourth-order valence-electron chi connectivity index (χ4n) is 6.55. The number of hydrogen-bond acceptors (Lipinski definition) is 0. The van der Waals surface area contributed by atoms with Crippen molar-refractivity contribution in [3.63, 3.8) is 0 Å². The first-order chi connectivity index (χ1) is 16.2. The van der Waals surface area contributed by atoms with Crippen molar-refractivity contribution in [1.82, 2.24) is 0 Å². The summed E-state index contributed by atoms with van der Waals surface area (Å²) in [7, 11) is 0. The molecule has 0 saturated carbocycles. The number of hydrogen-bond donors (Lipinski definition) is 0. The molecule has 0 bridgehead atoms. The third kappa shape index (κ3) is 4.26. The van der Waals surface area contributed by atoms with E-state index in [1.165, 1.54) is 66.8 Å². The van der Waals surface area contributed by atoms with Gasteiger partial charge in [0.25, 0.3) is 0 Å². The maximum atomic E-state index is 2.49. The zero-order valence-corrected chi connectivity index (χ0v) is 24.3. The number of allylic oxidation sites excluding steroid dienone is 4. The number of benzene rings is 2. The Balaban J connectivity index is 1.95. The van der Waals surface area contributed by atoms with Crippen LogP contribution in [0.3, 0.4) is 0 Å². The summed E-state index contributed by atoms with van der Waals surface area (Å²) in [5, 5.41) is 0. The van der Waals surface area contributed by atoms with Crippen molar-refractivity contribution in [2.45, 2.75) is 107 Å². The largest absolute Gasteiger partial charge is 0.0602 e. The first kappa shape index (κ1) is 26.0. The Kier molecular flexibility index (Phi) is 6.76. The second kappa shape index (κ2) is 9.10. The zero-order chi connectivity index (χ0) is 26.0. The Morgan fingerprint density at radius 2 is 0.857 bits per heavy atom. The van der Waals surface area contributed by atoms with Crippen LogP contribution in [0.25, 0.3) is 11.1 Å². The fraction of sp³-hybridized carbons (Fsp3) is 0.486. The molecule has 2 aromatic carbocycles. The minimum absolute atomic E-state index is 0.0936. The maximum Gasteiger partial charge on any atom is 0.0164 e. The van der Waals surface area contributed by atoms with Gasteiger partial charge in [0, 0.05) is 18.3 Å². The second-order valence-electron chi connectivity index (χ2n) is 12.8. The van der Waals surface area contributed by atoms with E-state index in [2.05, 4.69) is 120 Å². The van der Waals surface area contributed by atoms with Gasteiger partial charge in [0.2, 0.25) is 0 Å². The van der Waals surface area contributed by atoms with Crippen LogP contribution >= 0.6 is 0 Å². The molecule has 2 aliphatic carbocycles. The highest BCUT2D eigenvalue weighted by molar-refractivity contribution is 5.97. The van der Waals surface area contributed by atoms with Crippen LogP contribution in [0.15, 0.2) is 35.4 Å². The Morgan fingerprint density at radius 1 is 0.514 bits per heavy atom. The normalized spacial score (nSPS) is 16.0. The van der Waals surface area contributed by atoms with E-state index in [4.69, 9.17) is 0 Å². The molecule has 0 saturated heterocycles. The minimum Gasteiger partial charge on any atom is -0.0602 e. The topological polar surface area (TPSA) is 0 Å². The molecule has 186 valence electrons. The highest BCUT2D eigenvalue weighted by atomic mass is 14.4. The summed E-state index contributed by atoms with van der Waals surface area (Å²) in [6, 6.07) is 9.87. The molecule has 0 heteroatoms. The average molecular weight is 467 g/mol. The van der Waals surface area contributed by atoms with E-state index in [1.807, 2.05) is 0 Å². The van der Waals surface area contributed by atoms with Gasteiger partial charge in [0.05, 0.1) is 0 Å². The first-order valence-corrected chi connectivity index (χ1v) is 13.7. The van der Waals surface area contributed by atoms with Crippen LogP contribution in [-0.2, 0) is 0 Å². The van der Waals surface area contributed by atoms with Crippen molar-refractivity contribution in [2.24, 2.45) is 5.41 Å². The summed E-state index contributed by atoms with van der Waals surface area (Å²) < 4.78 is 0. The number of fused-ring (bicyclic) bond motifs is 2. The van der Waals surface area contributed by atoms with Crippen molar-refractivity contribution in [3.8, 4) is 0 Å². The minimum atomic E-state index is -0.0936. The molecule has 2 radical (unpaired) electrons. The summed E-state index contributed by atoms with van der Waals surface area (Å²) in [6.45, 7) is 28.2. The van der Waals surface area contributed by atoms with E-state index in [9.17, 15) is 0 Å². The van der Waals surface area contributed by atoms with Gasteiger partial charge in [0.1, 0.15) is 0 Å². The van der Waals surface area contributed by atoms with Crippen LogP contribution in [0.2, 0.25) is 0 Å². The molecule has 0 fully saturated rings. The predicted octanol–water partition coefficient (Wildman–Crippen LogP) is 10.6. The van der Waals surface area contributed by atoms with Gasteiger partial charge in [-0.3, -0.25) is 0 Å². The van der Waals surface area contributed by atoms with Gasteiger partial charge in [-0.15, -0.1) is 0 Å². The van der Waals surface area contributed by atoms with E-state index >= 15 is 0 Å². The van der Waals surface area contributed by atoms with E-state index in [1.54, 1.807) is 0 Å². The van der Waals surface area contributed by atoms with Gasteiger partial charge in [-0.05, 0) is 93.2 Å². The molecular formula is C35H46. The van der Waals surface area contributed by atoms with Crippen LogP contribution in [0.5, 0.6) is 0 Å². The van der Waals surface area contributed by atoms with E-state index in [0.29, 0.717) is 23.7 Å². The predicted molar refractivity (Wildman–Crippen MR) is 155 cm³/mol. The smallest absolute Gasteiger partial charge is 0.0164 e. The molecule has 0 aliphatic heterocycles. The summed E-state index contributed by atoms with van der Waals surface area (Å²) >= 11 is 0.